The predicted octanol–water partition coefficient (Wildman–Crippen LogP) is 0.989. The minimum absolute atomic E-state index is 0. The molecule has 0 radical (unpaired) electrons. The van der Waals surface area contributed by atoms with Gasteiger partial charge in [-0.05, 0) is 0 Å². The smallest absolute Gasteiger partial charge is 1.00 e. The van der Waals surface area contributed by atoms with Gasteiger partial charge in [-0.15, -0.1) is 0 Å². The van der Waals surface area contributed by atoms with Gasteiger partial charge in [0.25, 0.3) is 0 Å². The molecule has 0 heterocycles. The summed E-state index contributed by atoms with van der Waals surface area (Å²) in [5.74, 6) is 0. The molecule has 0 aliphatic heterocycles. The van der Waals surface area contributed by atoms with Gasteiger partial charge in [0.1, 0.15) is 0 Å². The molecule has 17 heavy (non-hydrogen) atoms. The van der Waals surface area contributed by atoms with Gasteiger partial charge in [-0.2, -0.15) is 0 Å². The minimum Gasteiger partial charge on any atom is 1.00 e. The first-order valence-electron chi connectivity index (χ1n) is 5.58. The molecule has 0 saturated carbocycles. The molecule has 0 bridgehead atoms. The average Bonchev–Trinajstić information content (AvgIpc) is 2.25. The molecule has 0 saturated heterocycles. The third kappa shape index (κ3) is 8.62. The van der Waals surface area contributed by atoms with Crippen molar-refractivity contribution >= 4 is 40.3 Å². The van der Waals surface area contributed by atoms with E-state index in [2.05, 4.69) is 6.92 Å². The third-order valence-corrected chi connectivity index (χ3v) is 12.0. The summed E-state index contributed by atoms with van der Waals surface area (Å²) in [4.78, 5) is 0. The molecule has 98 valence electrons. The Labute approximate surface area is 132 Å². The van der Waals surface area contributed by atoms with Crippen LogP contribution in [0.25, 0.3) is 0 Å². The standard InChI is InChI=1S/C10H22O3PSTe.Li/c1-5-8-9-16-10(15-4)14(11,12-6-2)13-7-3;/h5-9H2,1-4H3;/q-1;+1. The maximum atomic E-state index is 12.5. The molecule has 0 aliphatic carbocycles. The van der Waals surface area contributed by atoms with Gasteiger partial charge in [-0.1, -0.05) is 0 Å². The van der Waals surface area contributed by atoms with Crippen LogP contribution in [-0.2, 0) is 13.6 Å². The van der Waals surface area contributed by atoms with Crippen molar-refractivity contribution in [3.8, 4) is 0 Å². The maximum absolute atomic E-state index is 12.5. The Morgan fingerprint density at radius 3 is 2.12 bits per heavy atom. The molecule has 0 N–H and O–H groups in total. The van der Waals surface area contributed by atoms with E-state index < -0.39 is 7.60 Å². The van der Waals surface area contributed by atoms with Crippen LogP contribution >= 0.6 is 19.4 Å². The molecule has 0 aliphatic rings. The summed E-state index contributed by atoms with van der Waals surface area (Å²) in [6.07, 6.45) is 4.38. The van der Waals surface area contributed by atoms with E-state index in [1.54, 1.807) is 11.8 Å². The second kappa shape index (κ2) is 12.9. The quantitative estimate of drug-likeness (QED) is 0.242. The molecule has 0 rings (SSSR count). The third-order valence-electron chi connectivity index (χ3n) is 1.72. The van der Waals surface area contributed by atoms with Crippen molar-refractivity contribution in [1.29, 1.82) is 0 Å². The van der Waals surface area contributed by atoms with Crippen LogP contribution in [0.2, 0.25) is 4.47 Å². The minimum atomic E-state index is -2.93. The first-order chi connectivity index (χ1) is 7.64. The summed E-state index contributed by atoms with van der Waals surface area (Å²) in [5, 5.41) is 0. The zero-order valence-corrected chi connectivity index (χ0v) is 15.6. The van der Waals surface area contributed by atoms with E-state index in [1.807, 2.05) is 20.1 Å². The van der Waals surface area contributed by atoms with Crippen molar-refractivity contribution in [1.82, 2.24) is 0 Å². The number of hydrogen-bond donors (Lipinski definition) is 0. The van der Waals surface area contributed by atoms with Crippen molar-refractivity contribution in [3.05, 3.63) is 3.04 Å². The van der Waals surface area contributed by atoms with E-state index in [-0.39, 0.29) is 39.8 Å². The molecule has 0 spiro atoms. The van der Waals surface area contributed by atoms with Crippen LogP contribution in [0, 0.1) is 3.04 Å². The van der Waals surface area contributed by atoms with Crippen LogP contribution in [0.3, 0.4) is 0 Å². The summed E-state index contributed by atoms with van der Waals surface area (Å²) in [7, 11) is -2.93. The monoisotopic (exact) mass is 390 g/mol. The van der Waals surface area contributed by atoms with Gasteiger partial charge in [0.2, 0.25) is 0 Å². The Balaban J connectivity index is 0. The van der Waals surface area contributed by atoms with Gasteiger partial charge in [-0.3, -0.25) is 0 Å². The Kier molecular flexibility index (Phi) is 16.1. The maximum Gasteiger partial charge on any atom is 1.00 e. The van der Waals surface area contributed by atoms with Gasteiger partial charge < -0.3 is 0 Å². The molecule has 0 aromatic carbocycles. The molecule has 7 heteroatoms. The second-order valence-electron chi connectivity index (χ2n) is 3.01. The fourth-order valence-corrected chi connectivity index (χ4v) is 9.66. The summed E-state index contributed by atoms with van der Waals surface area (Å²) in [5.41, 5.74) is 0. The Hall–Kier alpha value is 1.89. The zero-order chi connectivity index (χ0) is 12.4. The van der Waals surface area contributed by atoms with Crippen LogP contribution in [0.1, 0.15) is 33.6 Å². The summed E-state index contributed by atoms with van der Waals surface area (Å²) in [6.45, 7) is 6.78. The van der Waals surface area contributed by atoms with E-state index in [1.165, 1.54) is 17.3 Å². The Morgan fingerprint density at radius 1 is 1.24 bits per heavy atom. The van der Waals surface area contributed by atoms with Crippen molar-refractivity contribution in [2.75, 3.05) is 19.5 Å². The van der Waals surface area contributed by atoms with Crippen LogP contribution in [-0.4, -0.2) is 40.4 Å². The van der Waals surface area contributed by atoms with Gasteiger partial charge in [0.05, 0.1) is 0 Å². The molecule has 0 aromatic rings. The average molecular weight is 388 g/mol. The van der Waals surface area contributed by atoms with Gasteiger partial charge >= 0.3 is 133 Å². The summed E-state index contributed by atoms with van der Waals surface area (Å²) in [6, 6.07) is 0. The van der Waals surface area contributed by atoms with Crippen molar-refractivity contribution in [2.24, 2.45) is 0 Å². The topological polar surface area (TPSA) is 35.5 Å². The van der Waals surface area contributed by atoms with Crippen LogP contribution in [0.15, 0.2) is 0 Å². The van der Waals surface area contributed by atoms with Crippen molar-refractivity contribution in [3.63, 3.8) is 0 Å². The summed E-state index contributed by atoms with van der Waals surface area (Å²) >= 11 is 1.19. The first kappa shape index (κ1) is 21.2. The normalized spacial score (nSPS) is 11.6. The van der Waals surface area contributed by atoms with Crippen molar-refractivity contribution in [2.45, 2.75) is 38.1 Å². The molecule has 0 fully saturated rings. The van der Waals surface area contributed by atoms with E-state index in [0.29, 0.717) is 13.2 Å². The van der Waals surface area contributed by atoms with E-state index in [9.17, 15) is 4.57 Å². The molecular formula is C10H22LiO3PSTe. The largest absolute Gasteiger partial charge is 1.00 e. The van der Waals surface area contributed by atoms with Crippen molar-refractivity contribution < 1.29 is 32.5 Å². The fourth-order valence-electron chi connectivity index (χ4n) is 1.04. The molecule has 0 unspecified atom stereocenters. The molecule has 3 nitrogen and oxygen atoms in total. The van der Waals surface area contributed by atoms with E-state index in [4.69, 9.17) is 9.05 Å². The molecule has 0 amide bonds. The fraction of sp³-hybridized carbons (Fsp3) is 0.900. The Morgan fingerprint density at radius 2 is 1.76 bits per heavy atom. The number of unbranched alkanes of at least 4 members (excludes halogenated alkanes) is 1. The number of rotatable bonds is 10. The van der Waals surface area contributed by atoms with Gasteiger partial charge in [0.15, 0.2) is 0 Å². The van der Waals surface area contributed by atoms with E-state index in [0.717, 1.165) is 3.04 Å². The first-order valence-corrected chi connectivity index (χ1v) is 11.2. The van der Waals surface area contributed by atoms with E-state index >= 15 is 0 Å². The van der Waals surface area contributed by atoms with Crippen LogP contribution in [0.5, 0.6) is 0 Å². The van der Waals surface area contributed by atoms with Crippen LogP contribution < -0.4 is 18.9 Å². The zero-order valence-electron chi connectivity index (χ0n) is 11.5. The molecule has 0 aromatic heterocycles. The molecular weight excluding hydrogens is 366 g/mol. The number of thioether (sulfide) groups is 1. The van der Waals surface area contributed by atoms with Crippen LogP contribution in [0.4, 0.5) is 0 Å². The Bertz CT molecular complexity index is 212. The molecule has 0 atom stereocenters. The summed E-state index contributed by atoms with van der Waals surface area (Å²) < 4.78 is 25.4. The van der Waals surface area contributed by atoms with Gasteiger partial charge in [0, 0.05) is 0 Å². The SMILES string of the molecule is CCCC[Te][C-](SC)P(=O)(OCC)OCC.[Li+]. The number of hydrogen-bond acceptors (Lipinski definition) is 4. The second-order valence-corrected chi connectivity index (χ2v) is 11.0. The van der Waals surface area contributed by atoms with Gasteiger partial charge in [-0.25, -0.2) is 0 Å². The predicted molar refractivity (Wildman–Crippen MR) is 73.1 cm³/mol.